The van der Waals surface area contributed by atoms with Gasteiger partial charge in [-0.05, 0) is 13.8 Å². The molecular weight excluding hydrogens is 164 g/mol. The molecule has 13 heavy (non-hydrogen) atoms. The van der Waals surface area contributed by atoms with Crippen molar-refractivity contribution in [3.05, 3.63) is 22.9 Å². The van der Waals surface area contributed by atoms with E-state index in [-0.39, 0.29) is 11.7 Å². The summed E-state index contributed by atoms with van der Waals surface area (Å²) in [6, 6.07) is 0.208. The maximum absolute atomic E-state index is 11.6. The first kappa shape index (κ1) is 9.66. The topological polar surface area (TPSA) is 26.9 Å². The van der Waals surface area contributed by atoms with Crippen LogP contribution in [0.2, 0.25) is 0 Å². The normalized spacial score (nSPS) is 10.3. The van der Waals surface area contributed by atoms with Crippen molar-refractivity contribution in [2.45, 2.75) is 32.9 Å². The minimum absolute atomic E-state index is 0.0188. The Kier molecular flexibility index (Phi) is 2.97. The summed E-state index contributed by atoms with van der Waals surface area (Å²) in [6.07, 6.45) is 9.29. The maximum atomic E-state index is 11.6. The van der Waals surface area contributed by atoms with Gasteiger partial charge in [0.2, 0.25) is 0 Å². The van der Waals surface area contributed by atoms with Crippen LogP contribution in [0.1, 0.15) is 26.3 Å². The van der Waals surface area contributed by atoms with Crippen molar-refractivity contribution in [1.29, 1.82) is 0 Å². The van der Waals surface area contributed by atoms with E-state index in [1.165, 1.54) is 0 Å². The molecule has 0 aliphatic carbocycles. The molecule has 0 saturated heterocycles. The first-order valence-electron chi connectivity index (χ1n) is 4.37. The van der Waals surface area contributed by atoms with E-state index in [4.69, 9.17) is 6.42 Å². The van der Waals surface area contributed by atoms with Crippen LogP contribution in [0.25, 0.3) is 0 Å². The Bertz CT molecular complexity index is 365. The molecule has 0 atom stereocenters. The highest BCUT2D eigenvalue weighted by molar-refractivity contribution is 4.88. The molecule has 0 aliphatic rings. The van der Waals surface area contributed by atoms with E-state index in [1.807, 2.05) is 13.8 Å². The van der Waals surface area contributed by atoms with Gasteiger partial charge in [0.1, 0.15) is 0 Å². The Morgan fingerprint density at radius 2 is 2.23 bits per heavy atom. The number of imidazole rings is 1. The van der Waals surface area contributed by atoms with Crippen molar-refractivity contribution in [2.75, 3.05) is 0 Å². The molecule has 70 valence electrons. The zero-order valence-electron chi connectivity index (χ0n) is 8.03. The van der Waals surface area contributed by atoms with Crippen molar-refractivity contribution in [3.63, 3.8) is 0 Å². The Labute approximate surface area is 78.0 Å². The van der Waals surface area contributed by atoms with Crippen molar-refractivity contribution in [1.82, 2.24) is 9.13 Å². The highest BCUT2D eigenvalue weighted by Gasteiger charge is 2.04. The maximum Gasteiger partial charge on any atom is 0.328 e. The first-order chi connectivity index (χ1) is 6.16. The summed E-state index contributed by atoms with van der Waals surface area (Å²) in [6.45, 7) is 4.56. The Hall–Kier alpha value is -1.43. The van der Waals surface area contributed by atoms with Crippen LogP contribution in [0.4, 0.5) is 0 Å². The summed E-state index contributed by atoms with van der Waals surface area (Å²) >= 11 is 0. The fourth-order valence-electron chi connectivity index (χ4n) is 1.18. The molecule has 1 aromatic rings. The minimum atomic E-state index is 0.0188. The van der Waals surface area contributed by atoms with Crippen LogP contribution in [0.5, 0.6) is 0 Å². The zero-order valence-corrected chi connectivity index (χ0v) is 8.03. The van der Waals surface area contributed by atoms with Gasteiger partial charge in [-0.15, -0.1) is 12.3 Å². The monoisotopic (exact) mass is 178 g/mol. The van der Waals surface area contributed by atoms with E-state index in [2.05, 4.69) is 5.92 Å². The van der Waals surface area contributed by atoms with Crippen molar-refractivity contribution < 1.29 is 0 Å². The van der Waals surface area contributed by atoms with Gasteiger partial charge in [0.05, 0.1) is 0 Å². The van der Waals surface area contributed by atoms with Gasteiger partial charge in [-0.2, -0.15) is 0 Å². The second-order valence-corrected chi connectivity index (χ2v) is 3.23. The van der Waals surface area contributed by atoms with E-state index in [9.17, 15) is 4.79 Å². The van der Waals surface area contributed by atoms with Crippen molar-refractivity contribution >= 4 is 0 Å². The molecule has 0 spiro atoms. The Balaban J connectivity index is 2.88. The van der Waals surface area contributed by atoms with Crippen LogP contribution in [0.3, 0.4) is 0 Å². The third kappa shape index (κ3) is 2.03. The fraction of sp³-hybridized carbons (Fsp3) is 0.500. The van der Waals surface area contributed by atoms with Gasteiger partial charge in [-0.1, -0.05) is 0 Å². The van der Waals surface area contributed by atoms with E-state index in [0.717, 1.165) is 0 Å². The molecule has 3 heteroatoms. The predicted molar refractivity (Wildman–Crippen MR) is 52.5 cm³/mol. The second kappa shape index (κ2) is 3.99. The standard InChI is InChI=1S/C10H14N2O/c1-4-5-6-11-7-8-12(9(2)3)10(11)13/h1,7-9H,5-6H2,2-3H3. The summed E-state index contributed by atoms with van der Waals surface area (Å²) in [5, 5.41) is 0. The van der Waals surface area contributed by atoms with Crippen LogP contribution in [-0.4, -0.2) is 9.13 Å². The fourth-order valence-corrected chi connectivity index (χ4v) is 1.18. The second-order valence-electron chi connectivity index (χ2n) is 3.23. The smallest absolute Gasteiger partial charge is 0.298 e. The molecule has 0 amide bonds. The Morgan fingerprint density at radius 1 is 1.54 bits per heavy atom. The highest BCUT2D eigenvalue weighted by atomic mass is 16.1. The van der Waals surface area contributed by atoms with Crippen molar-refractivity contribution in [2.24, 2.45) is 0 Å². The highest BCUT2D eigenvalue weighted by Crippen LogP contribution is 1.99. The Morgan fingerprint density at radius 3 is 2.69 bits per heavy atom. The lowest BCUT2D eigenvalue weighted by molar-refractivity contribution is 0.553. The van der Waals surface area contributed by atoms with Crippen molar-refractivity contribution in [3.8, 4) is 12.3 Å². The van der Waals surface area contributed by atoms with E-state index in [0.29, 0.717) is 13.0 Å². The average Bonchev–Trinajstić information content (AvgIpc) is 2.43. The van der Waals surface area contributed by atoms with E-state index >= 15 is 0 Å². The summed E-state index contributed by atoms with van der Waals surface area (Å²) in [5.74, 6) is 2.51. The van der Waals surface area contributed by atoms with Gasteiger partial charge >= 0.3 is 5.69 Å². The number of aryl methyl sites for hydroxylation is 1. The SMILES string of the molecule is C#CCCn1ccn(C(C)C)c1=O. The molecular formula is C10H14N2O. The number of nitrogens with zero attached hydrogens (tertiary/aromatic N) is 2. The van der Waals surface area contributed by atoms with E-state index < -0.39 is 0 Å². The molecule has 0 bridgehead atoms. The zero-order chi connectivity index (χ0) is 9.84. The third-order valence-electron chi connectivity index (χ3n) is 1.93. The van der Waals surface area contributed by atoms with Crippen LogP contribution in [-0.2, 0) is 6.54 Å². The number of hydrogen-bond donors (Lipinski definition) is 0. The van der Waals surface area contributed by atoms with Crippen LogP contribution in [0.15, 0.2) is 17.2 Å². The number of terminal acetylenes is 1. The molecule has 0 N–H and O–H groups in total. The molecule has 0 fully saturated rings. The summed E-state index contributed by atoms with van der Waals surface area (Å²) in [5.41, 5.74) is 0.0188. The molecule has 1 aromatic heterocycles. The summed E-state index contributed by atoms with van der Waals surface area (Å²) < 4.78 is 3.33. The first-order valence-corrected chi connectivity index (χ1v) is 4.37. The van der Waals surface area contributed by atoms with Crippen LogP contribution >= 0.6 is 0 Å². The molecule has 1 rings (SSSR count). The largest absolute Gasteiger partial charge is 0.328 e. The summed E-state index contributed by atoms with van der Waals surface area (Å²) in [4.78, 5) is 11.6. The lowest BCUT2D eigenvalue weighted by Crippen LogP contribution is -2.25. The molecule has 1 heterocycles. The van der Waals surface area contributed by atoms with Gasteiger partial charge < -0.3 is 0 Å². The summed E-state index contributed by atoms with van der Waals surface area (Å²) in [7, 11) is 0. The lowest BCUT2D eigenvalue weighted by Gasteiger charge is -2.03. The minimum Gasteiger partial charge on any atom is -0.298 e. The molecule has 0 radical (unpaired) electrons. The molecule has 0 unspecified atom stereocenters. The van der Waals surface area contributed by atoms with Gasteiger partial charge in [0.15, 0.2) is 0 Å². The van der Waals surface area contributed by atoms with Gasteiger partial charge in [0, 0.05) is 31.4 Å². The lowest BCUT2D eigenvalue weighted by atomic mass is 10.4. The average molecular weight is 178 g/mol. The molecule has 3 nitrogen and oxygen atoms in total. The predicted octanol–water partition coefficient (Wildman–Crippen LogP) is 1.25. The van der Waals surface area contributed by atoms with Gasteiger partial charge in [0.25, 0.3) is 0 Å². The molecule has 0 aliphatic heterocycles. The third-order valence-corrected chi connectivity index (χ3v) is 1.93. The van der Waals surface area contributed by atoms with Crippen LogP contribution in [0, 0.1) is 12.3 Å². The van der Waals surface area contributed by atoms with E-state index in [1.54, 1.807) is 21.5 Å². The molecule has 0 saturated carbocycles. The quantitative estimate of drug-likeness (QED) is 0.640. The number of rotatable bonds is 3. The molecule has 0 aromatic carbocycles. The van der Waals surface area contributed by atoms with Gasteiger partial charge in [-0.25, -0.2) is 4.79 Å². The number of hydrogen-bond acceptors (Lipinski definition) is 1. The number of aromatic nitrogens is 2. The van der Waals surface area contributed by atoms with Crippen LogP contribution < -0.4 is 5.69 Å². The van der Waals surface area contributed by atoms with Gasteiger partial charge in [-0.3, -0.25) is 9.13 Å².